The van der Waals surface area contributed by atoms with Crippen molar-refractivity contribution in [3.05, 3.63) is 94.7 Å². The number of carbonyl (C=O) groups excluding carboxylic acids is 1. The normalized spacial score (nSPS) is 16.8. The maximum absolute atomic E-state index is 13.4. The molecule has 36 heavy (non-hydrogen) atoms. The Morgan fingerprint density at radius 1 is 0.944 bits per heavy atom. The molecule has 0 saturated carbocycles. The van der Waals surface area contributed by atoms with Gasteiger partial charge in [0.25, 0.3) is 0 Å². The topological polar surface area (TPSA) is 43.7 Å². The number of carbonyl (C=O) groups is 1. The van der Waals surface area contributed by atoms with Gasteiger partial charge >= 0.3 is 5.97 Å². The van der Waals surface area contributed by atoms with Gasteiger partial charge in [-0.2, -0.15) is 0 Å². The van der Waals surface area contributed by atoms with Crippen molar-refractivity contribution in [1.82, 2.24) is 4.57 Å². The first-order valence-electron chi connectivity index (χ1n) is 12.9. The zero-order valence-corrected chi connectivity index (χ0v) is 21.8. The van der Waals surface area contributed by atoms with E-state index in [1.807, 2.05) is 31.2 Å². The number of nitrogens with zero attached hydrogens (tertiary/aromatic N) is 2. The maximum atomic E-state index is 13.4. The fourth-order valence-corrected chi connectivity index (χ4v) is 5.87. The molecule has 1 aliphatic rings. The van der Waals surface area contributed by atoms with E-state index in [1.165, 1.54) is 0 Å². The Labute approximate surface area is 213 Å². The number of aromatic nitrogens is 1. The van der Waals surface area contributed by atoms with Gasteiger partial charge in [-0.3, -0.25) is 0 Å². The van der Waals surface area contributed by atoms with Gasteiger partial charge in [-0.1, -0.05) is 42.5 Å². The summed E-state index contributed by atoms with van der Waals surface area (Å²) in [6, 6.07) is 22.4. The number of ether oxygens (including phenoxy) is 2. The van der Waals surface area contributed by atoms with E-state index in [0.717, 1.165) is 64.4 Å². The largest absolute Gasteiger partial charge is 0.492 e. The van der Waals surface area contributed by atoms with Crippen LogP contribution in [0.5, 0.6) is 5.75 Å². The van der Waals surface area contributed by atoms with E-state index in [2.05, 4.69) is 79.6 Å². The fraction of sp³-hybridized carbons (Fsp3) is 0.323. The van der Waals surface area contributed by atoms with Crippen molar-refractivity contribution in [2.75, 3.05) is 24.6 Å². The zero-order chi connectivity index (χ0) is 25.4. The summed E-state index contributed by atoms with van der Waals surface area (Å²) >= 11 is 0. The number of anilines is 1. The van der Waals surface area contributed by atoms with Gasteiger partial charge in [-0.15, -0.1) is 0 Å². The van der Waals surface area contributed by atoms with Crippen LogP contribution in [0.4, 0.5) is 5.69 Å². The lowest BCUT2D eigenvalue weighted by Crippen LogP contribution is -2.31. The number of fused-ring (bicyclic) bond motifs is 2. The summed E-state index contributed by atoms with van der Waals surface area (Å²) < 4.78 is 15.0. The molecule has 1 aliphatic heterocycles. The molecule has 0 aliphatic carbocycles. The maximum Gasteiger partial charge on any atom is 0.340 e. The lowest BCUT2D eigenvalue weighted by molar-refractivity contribution is 0.0253. The predicted octanol–water partition coefficient (Wildman–Crippen LogP) is 6.68. The van der Waals surface area contributed by atoms with E-state index in [0.29, 0.717) is 12.2 Å². The first kappa shape index (κ1) is 24.0. The number of para-hydroxylation sites is 1. The van der Waals surface area contributed by atoms with E-state index < -0.39 is 5.60 Å². The lowest BCUT2D eigenvalue weighted by atomic mass is 9.78. The molecule has 4 aromatic rings. The number of esters is 1. The Morgan fingerprint density at radius 2 is 1.67 bits per heavy atom. The van der Waals surface area contributed by atoms with Gasteiger partial charge in [0.1, 0.15) is 5.75 Å². The summed E-state index contributed by atoms with van der Waals surface area (Å²) in [7, 11) is 0. The third-order valence-corrected chi connectivity index (χ3v) is 7.44. The van der Waals surface area contributed by atoms with Gasteiger partial charge in [0.05, 0.1) is 17.9 Å². The van der Waals surface area contributed by atoms with Gasteiger partial charge in [0, 0.05) is 52.9 Å². The molecule has 0 radical (unpaired) electrons. The van der Waals surface area contributed by atoms with Gasteiger partial charge in [0.2, 0.25) is 0 Å². The van der Waals surface area contributed by atoms with E-state index in [4.69, 9.17) is 9.47 Å². The summed E-state index contributed by atoms with van der Waals surface area (Å²) in [5.74, 6) is 0.500. The van der Waals surface area contributed by atoms with Crippen LogP contribution < -0.4 is 9.64 Å². The average Bonchev–Trinajstić information content (AvgIpc) is 3.36. The van der Waals surface area contributed by atoms with E-state index in [-0.39, 0.29) is 5.97 Å². The number of hydrogen-bond acceptors (Lipinski definition) is 4. The second kappa shape index (κ2) is 9.38. The van der Waals surface area contributed by atoms with Crippen LogP contribution in [0, 0.1) is 6.92 Å². The SMILES string of the molecule is CCOc1cc(C2(c3c(C)n(CC)c4ccccc34)OC(=O)c3ccccc32)ccc1N(CC)CC. The molecule has 0 bridgehead atoms. The molecule has 2 heterocycles. The van der Waals surface area contributed by atoms with Crippen LogP contribution in [0.2, 0.25) is 0 Å². The average molecular weight is 483 g/mol. The van der Waals surface area contributed by atoms with Crippen LogP contribution in [0.3, 0.4) is 0 Å². The monoisotopic (exact) mass is 482 g/mol. The molecule has 0 spiro atoms. The second-order valence-corrected chi connectivity index (χ2v) is 9.13. The minimum Gasteiger partial charge on any atom is -0.492 e. The summed E-state index contributed by atoms with van der Waals surface area (Å²) in [6.07, 6.45) is 0. The van der Waals surface area contributed by atoms with Gasteiger partial charge in [0.15, 0.2) is 5.60 Å². The highest BCUT2D eigenvalue weighted by Gasteiger charge is 2.51. The van der Waals surface area contributed by atoms with Crippen molar-refractivity contribution in [3.8, 4) is 5.75 Å². The summed E-state index contributed by atoms with van der Waals surface area (Å²) in [5.41, 5.74) is 5.58. The van der Waals surface area contributed by atoms with Crippen LogP contribution >= 0.6 is 0 Å². The molecule has 0 saturated heterocycles. The Bertz CT molecular complexity index is 1430. The highest BCUT2D eigenvalue weighted by molar-refractivity contribution is 5.98. The van der Waals surface area contributed by atoms with E-state index in [1.54, 1.807) is 0 Å². The van der Waals surface area contributed by atoms with Crippen LogP contribution in [-0.4, -0.2) is 30.2 Å². The Morgan fingerprint density at radius 3 is 2.39 bits per heavy atom. The van der Waals surface area contributed by atoms with Gasteiger partial charge < -0.3 is 18.9 Å². The first-order valence-corrected chi connectivity index (χ1v) is 12.9. The summed E-state index contributed by atoms with van der Waals surface area (Å²) in [5, 5.41) is 1.09. The standard InChI is InChI=1S/C31H34N2O3/c1-6-32(7-2)27-19-18-22(20-28(27)35-9-4)31(25-16-12-10-14-23(25)30(34)36-31)29-21(5)33(8-3)26-17-13-11-15-24(26)29/h10-20H,6-9H2,1-5H3. The van der Waals surface area contributed by atoms with Crippen LogP contribution in [-0.2, 0) is 16.9 Å². The highest BCUT2D eigenvalue weighted by atomic mass is 16.6. The number of aryl methyl sites for hydroxylation is 1. The Hall–Kier alpha value is -3.73. The molecule has 5 rings (SSSR count). The molecule has 3 aromatic carbocycles. The number of benzene rings is 3. The van der Waals surface area contributed by atoms with Crippen molar-refractivity contribution in [2.45, 2.75) is 46.8 Å². The van der Waals surface area contributed by atoms with Crippen LogP contribution in [0.1, 0.15) is 60.4 Å². The summed E-state index contributed by atoms with van der Waals surface area (Å²) in [6.45, 7) is 13.7. The third kappa shape index (κ3) is 3.41. The highest BCUT2D eigenvalue weighted by Crippen LogP contribution is 2.52. The molecule has 0 N–H and O–H groups in total. The number of hydrogen-bond donors (Lipinski definition) is 0. The van der Waals surface area contributed by atoms with Crippen molar-refractivity contribution >= 4 is 22.6 Å². The molecular weight excluding hydrogens is 448 g/mol. The quantitative estimate of drug-likeness (QED) is 0.263. The van der Waals surface area contributed by atoms with Gasteiger partial charge in [-0.25, -0.2) is 4.79 Å². The van der Waals surface area contributed by atoms with Crippen molar-refractivity contribution in [3.63, 3.8) is 0 Å². The first-order chi connectivity index (χ1) is 17.5. The second-order valence-electron chi connectivity index (χ2n) is 9.13. The molecule has 1 atom stereocenters. The molecule has 186 valence electrons. The van der Waals surface area contributed by atoms with Gasteiger partial charge in [-0.05, 0) is 58.9 Å². The molecule has 0 amide bonds. The molecular formula is C31H34N2O3. The smallest absolute Gasteiger partial charge is 0.340 e. The van der Waals surface area contributed by atoms with Crippen LogP contribution in [0.25, 0.3) is 10.9 Å². The van der Waals surface area contributed by atoms with E-state index >= 15 is 0 Å². The number of rotatable bonds is 8. The lowest BCUT2D eigenvalue weighted by Gasteiger charge is -2.32. The van der Waals surface area contributed by atoms with Crippen molar-refractivity contribution < 1.29 is 14.3 Å². The minimum absolute atomic E-state index is 0.302. The minimum atomic E-state index is -1.08. The third-order valence-electron chi connectivity index (χ3n) is 7.44. The Balaban J connectivity index is 1.88. The molecule has 1 unspecified atom stereocenters. The fourth-order valence-electron chi connectivity index (χ4n) is 5.87. The van der Waals surface area contributed by atoms with E-state index in [9.17, 15) is 4.79 Å². The predicted molar refractivity (Wildman–Crippen MR) is 145 cm³/mol. The zero-order valence-electron chi connectivity index (χ0n) is 21.8. The van der Waals surface area contributed by atoms with Crippen LogP contribution in [0.15, 0.2) is 66.7 Å². The number of cyclic esters (lactones) is 1. The summed E-state index contributed by atoms with van der Waals surface area (Å²) in [4.78, 5) is 15.6. The molecule has 0 fully saturated rings. The molecule has 5 heteroatoms. The molecule has 1 aromatic heterocycles. The Kier molecular flexibility index (Phi) is 6.25. The van der Waals surface area contributed by atoms with Crippen molar-refractivity contribution in [1.29, 1.82) is 0 Å². The molecule has 5 nitrogen and oxygen atoms in total. The van der Waals surface area contributed by atoms with Crippen molar-refractivity contribution in [2.24, 2.45) is 0 Å².